The Morgan fingerprint density at radius 1 is 0.379 bits per heavy atom. The first-order valence-corrected chi connectivity index (χ1v) is 8.91. The number of hydrogen-bond donors (Lipinski definition) is 0. The van der Waals surface area contributed by atoms with E-state index in [0.29, 0.717) is 11.1 Å². The van der Waals surface area contributed by atoms with Crippen LogP contribution < -0.4 is 0 Å². The summed E-state index contributed by atoms with van der Waals surface area (Å²) in [7, 11) is 0. The fourth-order valence-corrected chi connectivity index (χ4v) is 2.74. The normalized spacial score (nSPS) is 9.03. The van der Waals surface area contributed by atoms with Crippen molar-refractivity contribution in [2.24, 2.45) is 0 Å². The highest BCUT2D eigenvalue weighted by molar-refractivity contribution is 5.64. The molecule has 0 aliphatic heterocycles. The number of nitrogens with zero attached hydrogens (tertiary/aromatic N) is 2. The van der Waals surface area contributed by atoms with Crippen molar-refractivity contribution in [3.05, 3.63) is 120 Å². The summed E-state index contributed by atoms with van der Waals surface area (Å²) in [5, 5.41) is 17.3. The largest absolute Gasteiger partial charge is 0.412 e. The molecule has 0 aliphatic rings. The molecule has 0 aromatic heterocycles. The zero-order chi connectivity index (χ0) is 19.6. The van der Waals surface area contributed by atoms with Gasteiger partial charge < -0.3 is 5.48 Å². The Labute approximate surface area is 171 Å². The first-order chi connectivity index (χ1) is 13.8. The minimum absolute atomic E-state index is 0. The van der Waals surface area contributed by atoms with Gasteiger partial charge in [-0.3, -0.25) is 0 Å². The second kappa shape index (κ2) is 10.8. The highest BCUT2D eigenvalue weighted by atomic mass is 16.0. The van der Waals surface area contributed by atoms with Gasteiger partial charge >= 0.3 is 0 Å². The van der Waals surface area contributed by atoms with Gasteiger partial charge in [0, 0.05) is 0 Å². The van der Waals surface area contributed by atoms with Crippen LogP contribution in [0.4, 0.5) is 0 Å². The number of nitriles is 2. The van der Waals surface area contributed by atoms with Gasteiger partial charge in [0.05, 0.1) is 23.3 Å². The van der Waals surface area contributed by atoms with E-state index < -0.39 is 0 Å². The van der Waals surface area contributed by atoms with E-state index in [1.54, 1.807) is 0 Å². The molecule has 140 valence electrons. The number of hydrogen-bond acceptors (Lipinski definition) is 2. The number of rotatable bonds is 2. The molecule has 0 aliphatic carbocycles. The van der Waals surface area contributed by atoms with Crippen LogP contribution in [0.5, 0.6) is 0 Å². The van der Waals surface area contributed by atoms with Gasteiger partial charge in [0.25, 0.3) is 0 Å². The smallest absolute Gasteiger partial charge is 0.0991 e. The summed E-state index contributed by atoms with van der Waals surface area (Å²) >= 11 is 0. The lowest BCUT2D eigenvalue weighted by Gasteiger charge is -1.99. The van der Waals surface area contributed by atoms with E-state index in [1.807, 2.05) is 84.9 Å². The van der Waals surface area contributed by atoms with Crippen molar-refractivity contribution in [2.45, 2.75) is 0 Å². The summed E-state index contributed by atoms with van der Waals surface area (Å²) in [6.45, 7) is 0. The van der Waals surface area contributed by atoms with Crippen LogP contribution in [-0.4, -0.2) is 5.48 Å². The lowest BCUT2D eigenvalue weighted by molar-refractivity contribution is 0.824. The van der Waals surface area contributed by atoms with Gasteiger partial charge in [0.2, 0.25) is 0 Å². The van der Waals surface area contributed by atoms with Crippen molar-refractivity contribution in [3.63, 3.8) is 0 Å². The predicted molar refractivity (Wildman–Crippen MR) is 117 cm³/mol. The molecule has 0 spiro atoms. The Kier molecular flexibility index (Phi) is 7.90. The van der Waals surface area contributed by atoms with Crippen molar-refractivity contribution in [2.75, 3.05) is 0 Å². The Hall–Kier alpha value is -4.18. The molecule has 2 N–H and O–H groups in total. The van der Waals surface area contributed by atoms with Crippen LogP contribution in [0, 0.1) is 22.7 Å². The van der Waals surface area contributed by atoms with Gasteiger partial charge in [-0.15, -0.1) is 0 Å². The van der Waals surface area contributed by atoms with E-state index in [4.69, 9.17) is 10.5 Å². The molecule has 0 fully saturated rings. The Morgan fingerprint density at radius 2 is 0.655 bits per heavy atom. The second-order valence-corrected chi connectivity index (χ2v) is 6.11. The van der Waals surface area contributed by atoms with E-state index >= 15 is 0 Å². The maximum atomic E-state index is 8.65. The molecule has 0 atom stereocenters. The molecule has 0 saturated carbocycles. The van der Waals surface area contributed by atoms with E-state index in [1.165, 1.54) is 11.1 Å². The first-order valence-electron chi connectivity index (χ1n) is 8.91. The summed E-state index contributed by atoms with van der Waals surface area (Å²) < 4.78 is 0. The first kappa shape index (κ1) is 21.1. The minimum atomic E-state index is 0. The molecule has 0 radical (unpaired) electrons. The summed E-state index contributed by atoms with van der Waals surface area (Å²) in [6, 6.07) is 39.7. The minimum Gasteiger partial charge on any atom is -0.412 e. The molecule has 4 aromatic rings. The molecule has 3 nitrogen and oxygen atoms in total. The van der Waals surface area contributed by atoms with Crippen LogP contribution in [0.25, 0.3) is 22.3 Å². The fraction of sp³-hybridized carbons (Fsp3) is 0. The average Bonchev–Trinajstić information content (AvgIpc) is 2.81. The molecule has 4 aromatic carbocycles. The zero-order valence-electron chi connectivity index (χ0n) is 15.8. The predicted octanol–water partition coefficient (Wildman–Crippen LogP) is 5.63. The van der Waals surface area contributed by atoms with Gasteiger partial charge in [-0.25, -0.2) is 0 Å². The quantitative estimate of drug-likeness (QED) is 0.455. The van der Waals surface area contributed by atoms with E-state index in [9.17, 15) is 0 Å². The lowest BCUT2D eigenvalue weighted by Crippen LogP contribution is -1.77. The van der Waals surface area contributed by atoms with Crippen LogP contribution >= 0.6 is 0 Å². The molecular weight excluding hydrogens is 356 g/mol. The average molecular weight is 376 g/mol. The molecular formula is C26H20N2O. The fourth-order valence-electron chi connectivity index (χ4n) is 2.74. The Balaban J connectivity index is 0.000000200. The molecule has 0 amide bonds. The van der Waals surface area contributed by atoms with E-state index in [-0.39, 0.29) is 5.48 Å². The molecule has 3 heteroatoms. The molecule has 0 bridgehead atoms. The standard InChI is InChI=1S/2C13H9N.H2O/c2*14-10-11-6-8-13(9-7-11)12-4-2-1-3-5-12;/h2*1-9H;1H2. The van der Waals surface area contributed by atoms with Crippen LogP contribution in [0.1, 0.15) is 11.1 Å². The van der Waals surface area contributed by atoms with Gasteiger partial charge in [0.1, 0.15) is 0 Å². The van der Waals surface area contributed by atoms with Crippen molar-refractivity contribution in [1.29, 1.82) is 10.5 Å². The summed E-state index contributed by atoms with van der Waals surface area (Å²) in [4.78, 5) is 0. The van der Waals surface area contributed by atoms with Gasteiger partial charge in [-0.1, -0.05) is 84.9 Å². The molecule has 29 heavy (non-hydrogen) atoms. The molecule has 0 unspecified atom stereocenters. The van der Waals surface area contributed by atoms with Crippen LogP contribution in [0.15, 0.2) is 109 Å². The summed E-state index contributed by atoms with van der Waals surface area (Å²) in [6.07, 6.45) is 0. The molecule has 0 heterocycles. The molecule has 0 saturated heterocycles. The topological polar surface area (TPSA) is 79.1 Å². The maximum absolute atomic E-state index is 8.65. The Bertz CT molecular complexity index is 997. The SMILES string of the molecule is N#Cc1ccc(-c2ccccc2)cc1.N#Cc1ccc(-c2ccccc2)cc1.O. The summed E-state index contributed by atoms with van der Waals surface area (Å²) in [5.41, 5.74) is 6.04. The maximum Gasteiger partial charge on any atom is 0.0991 e. The van der Waals surface area contributed by atoms with Gasteiger partial charge in [0.15, 0.2) is 0 Å². The van der Waals surface area contributed by atoms with Gasteiger partial charge in [-0.05, 0) is 46.5 Å². The number of benzene rings is 4. The highest BCUT2D eigenvalue weighted by Crippen LogP contribution is 2.19. The lowest BCUT2D eigenvalue weighted by atomic mass is 10.0. The summed E-state index contributed by atoms with van der Waals surface area (Å²) in [5.74, 6) is 0. The van der Waals surface area contributed by atoms with Crippen molar-refractivity contribution < 1.29 is 5.48 Å². The van der Waals surface area contributed by atoms with E-state index in [2.05, 4.69) is 36.4 Å². The third-order valence-corrected chi connectivity index (χ3v) is 4.24. The van der Waals surface area contributed by atoms with Crippen LogP contribution in [0.3, 0.4) is 0 Å². The third-order valence-electron chi connectivity index (χ3n) is 4.24. The monoisotopic (exact) mass is 376 g/mol. The highest BCUT2D eigenvalue weighted by Gasteiger charge is 1.96. The van der Waals surface area contributed by atoms with E-state index in [0.717, 1.165) is 11.1 Å². The Morgan fingerprint density at radius 3 is 0.931 bits per heavy atom. The molecule has 4 rings (SSSR count). The van der Waals surface area contributed by atoms with Gasteiger partial charge in [-0.2, -0.15) is 10.5 Å². The van der Waals surface area contributed by atoms with Crippen LogP contribution in [-0.2, 0) is 0 Å². The van der Waals surface area contributed by atoms with Crippen LogP contribution in [0.2, 0.25) is 0 Å². The van der Waals surface area contributed by atoms with Crippen molar-refractivity contribution in [3.8, 4) is 34.4 Å². The third kappa shape index (κ3) is 5.91. The second-order valence-electron chi connectivity index (χ2n) is 6.11. The van der Waals surface area contributed by atoms with Crippen molar-refractivity contribution >= 4 is 0 Å². The van der Waals surface area contributed by atoms with Crippen molar-refractivity contribution in [1.82, 2.24) is 0 Å². The zero-order valence-corrected chi connectivity index (χ0v) is 15.8.